The molecular formula is C14H19BrN2O3. The lowest BCUT2D eigenvalue weighted by Gasteiger charge is -2.15. The molecule has 20 heavy (non-hydrogen) atoms. The predicted octanol–water partition coefficient (Wildman–Crippen LogP) is 2.74. The summed E-state index contributed by atoms with van der Waals surface area (Å²) in [5.74, 6) is 0.883. The number of anilines is 1. The van der Waals surface area contributed by atoms with E-state index in [-0.39, 0.29) is 18.1 Å². The second kappa shape index (κ2) is 6.95. The number of rotatable bonds is 4. The van der Waals surface area contributed by atoms with Gasteiger partial charge in [-0.15, -0.1) is 0 Å². The van der Waals surface area contributed by atoms with Gasteiger partial charge in [-0.2, -0.15) is 0 Å². The topological polar surface area (TPSA) is 70.6 Å². The summed E-state index contributed by atoms with van der Waals surface area (Å²) >= 11 is 3.37. The van der Waals surface area contributed by atoms with Crippen LogP contribution in [0.1, 0.15) is 19.3 Å². The highest BCUT2D eigenvalue weighted by molar-refractivity contribution is 9.10. The van der Waals surface area contributed by atoms with Crippen LogP contribution in [0.5, 0.6) is 5.75 Å². The molecule has 5 nitrogen and oxygen atoms in total. The zero-order valence-electron chi connectivity index (χ0n) is 11.4. The quantitative estimate of drug-likeness (QED) is 0.787. The summed E-state index contributed by atoms with van der Waals surface area (Å²) in [5, 5.41) is 15.2. The Balaban J connectivity index is 1.83. The number of amides is 2. The summed E-state index contributed by atoms with van der Waals surface area (Å²) in [6, 6.07) is 5.07. The second-order valence-electron chi connectivity index (χ2n) is 4.94. The van der Waals surface area contributed by atoms with Crippen molar-refractivity contribution in [2.45, 2.75) is 25.4 Å². The largest absolute Gasteiger partial charge is 0.496 e. The van der Waals surface area contributed by atoms with Gasteiger partial charge < -0.3 is 20.5 Å². The molecule has 0 heterocycles. The van der Waals surface area contributed by atoms with Crippen molar-refractivity contribution in [1.82, 2.24) is 5.32 Å². The number of carbonyl (C=O) groups is 1. The number of benzene rings is 1. The van der Waals surface area contributed by atoms with E-state index >= 15 is 0 Å². The minimum Gasteiger partial charge on any atom is -0.496 e. The number of aliphatic hydroxyl groups is 1. The van der Waals surface area contributed by atoms with Gasteiger partial charge in [-0.3, -0.25) is 0 Å². The first kappa shape index (κ1) is 15.1. The van der Waals surface area contributed by atoms with Crippen LogP contribution in [0, 0.1) is 5.92 Å². The van der Waals surface area contributed by atoms with Crippen LogP contribution < -0.4 is 15.4 Å². The number of methoxy groups -OCH3 is 1. The molecular weight excluding hydrogens is 324 g/mol. The Morgan fingerprint density at radius 2 is 2.30 bits per heavy atom. The fraction of sp³-hybridized carbons (Fsp3) is 0.500. The van der Waals surface area contributed by atoms with Crippen molar-refractivity contribution in [1.29, 1.82) is 0 Å². The maximum atomic E-state index is 11.8. The Kier molecular flexibility index (Phi) is 5.25. The number of aliphatic hydroxyl groups excluding tert-OH is 1. The highest BCUT2D eigenvalue weighted by Crippen LogP contribution is 2.28. The van der Waals surface area contributed by atoms with Crippen molar-refractivity contribution in [2.24, 2.45) is 5.92 Å². The van der Waals surface area contributed by atoms with Crippen LogP contribution in [0.4, 0.5) is 10.5 Å². The summed E-state index contributed by atoms with van der Waals surface area (Å²) in [6.07, 6.45) is 2.54. The molecule has 1 fully saturated rings. The molecule has 0 spiro atoms. The van der Waals surface area contributed by atoms with E-state index in [4.69, 9.17) is 4.74 Å². The molecule has 0 unspecified atom stereocenters. The van der Waals surface area contributed by atoms with Crippen LogP contribution in [0.15, 0.2) is 22.7 Å². The fourth-order valence-corrected chi connectivity index (χ4v) is 2.94. The van der Waals surface area contributed by atoms with Crippen molar-refractivity contribution < 1.29 is 14.6 Å². The fourth-order valence-electron chi connectivity index (χ4n) is 2.40. The van der Waals surface area contributed by atoms with Crippen LogP contribution in [0.3, 0.4) is 0 Å². The molecule has 1 aliphatic rings. The molecule has 3 N–H and O–H groups in total. The van der Waals surface area contributed by atoms with E-state index in [1.807, 2.05) is 0 Å². The van der Waals surface area contributed by atoms with Crippen LogP contribution in [0.2, 0.25) is 0 Å². The molecule has 1 aliphatic carbocycles. The number of hydrogen-bond donors (Lipinski definition) is 3. The van der Waals surface area contributed by atoms with Gasteiger partial charge in [0.05, 0.1) is 17.7 Å². The van der Waals surface area contributed by atoms with Gasteiger partial charge >= 0.3 is 6.03 Å². The maximum Gasteiger partial charge on any atom is 0.319 e. The number of ether oxygens (including phenoxy) is 1. The van der Waals surface area contributed by atoms with Gasteiger partial charge in [0.1, 0.15) is 5.75 Å². The standard InChI is InChI=1S/C14H19BrN2O3/c1-20-13-6-5-10(7-11(13)15)17-14(19)16-8-9-3-2-4-12(9)18/h5-7,9,12,18H,2-4,8H2,1H3,(H2,16,17,19)/t9-,12+/m1/s1. The summed E-state index contributed by atoms with van der Waals surface area (Å²) in [4.78, 5) is 11.8. The number of carbonyl (C=O) groups excluding carboxylic acids is 1. The smallest absolute Gasteiger partial charge is 0.319 e. The lowest BCUT2D eigenvalue weighted by Crippen LogP contribution is -2.35. The first-order valence-corrected chi connectivity index (χ1v) is 7.46. The van der Waals surface area contributed by atoms with Gasteiger partial charge in [0.15, 0.2) is 0 Å². The van der Waals surface area contributed by atoms with Crippen molar-refractivity contribution in [2.75, 3.05) is 19.0 Å². The molecule has 2 rings (SSSR count). The van der Waals surface area contributed by atoms with Crippen LogP contribution in [0.25, 0.3) is 0 Å². The molecule has 0 aromatic heterocycles. The molecule has 0 bridgehead atoms. The van der Waals surface area contributed by atoms with Crippen molar-refractivity contribution in [3.8, 4) is 5.75 Å². The average Bonchev–Trinajstić information content (AvgIpc) is 2.82. The molecule has 110 valence electrons. The summed E-state index contributed by atoms with van der Waals surface area (Å²) in [5.41, 5.74) is 0.683. The van der Waals surface area contributed by atoms with E-state index < -0.39 is 0 Å². The number of nitrogens with one attached hydrogen (secondary N) is 2. The molecule has 1 aromatic carbocycles. The zero-order chi connectivity index (χ0) is 14.5. The third-order valence-corrected chi connectivity index (χ3v) is 4.17. The average molecular weight is 343 g/mol. The molecule has 1 saturated carbocycles. The van der Waals surface area contributed by atoms with Crippen molar-refractivity contribution in [3.63, 3.8) is 0 Å². The molecule has 0 radical (unpaired) electrons. The predicted molar refractivity (Wildman–Crippen MR) is 81.1 cm³/mol. The van der Waals surface area contributed by atoms with Crippen molar-refractivity contribution >= 4 is 27.6 Å². The minimum absolute atomic E-state index is 0.170. The van der Waals surface area contributed by atoms with Crippen LogP contribution in [-0.2, 0) is 0 Å². The molecule has 0 saturated heterocycles. The van der Waals surface area contributed by atoms with Gasteiger partial charge in [-0.05, 0) is 47.0 Å². The Morgan fingerprint density at radius 1 is 1.50 bits per heavy atom. The van der Waals surface area contributed by atoms with Gasteiger partial charge in [-0.25, -0.2) is 4.79 Å². The first-order valence-electron chi connectivity index (χ1n) is 6.66. The number of hydrogen-bond acceptors (Lipinski definition) is 3. The minimum atomic E-state index is -0.287. The number of urea groups is 1. The Labute approximate surface area is 126 Å². The van der Waals surface area contributed by atoms with E-state index in [9.17, 15) is 9.90 Å². The van der Waals surface area contributed by atoms with E-state index in [1.54, 1.807) is 25.3 Å². The lowest BCUT2D eigenvalue weighted by atomic mass is 10.1. The van der Waals surface area contributed by atoms with E-state index in [1.165, 1.54) is 0 Å². The van der Waals surface area contributed by atoms with Gasteiger partial charge in [-0.1, -0.05) is 6.42 Å². The molecule has 6 heteroatoms. The summed E-state index contributed by atoms with van der Waals surface area (Å²) in [7, 11) is 1.59. The van der Waals surface area contributed by atoms with E-state index in [2.05, 4.69) is 26.6 Å². The van der Waals surface area contributed by atoms with E-state index in [0.717, 1.165) is 23.7 Å². The van der Waals surface area contributed by atoms with Crippen molar-refractivity contribution in [3.05, 3.63) is 22.7 Å². The van der Waals surface area contributed by atoms with Crippen LogP contribution in [-0.4, -0.2) is 30.9 Å². The number of halogens is 1. The first-order chi connectivity index (χ1) is 9.60. The highest BCUT2D eigenvalue weighted by Gasteiger charge is 2.25. The van der Waals surface area contributed by atoms with E-state index in [0.29, 0.717) is 18.0 Å². The third-order valence-electron chi connectivity index (χ3n) is 3.55. The third kappa shape index (κ3) is 3.86. The molecule has 1 aromatic rings. The normalized spacial score (nSPS) is 21.6. The molecule has 0 aliphatic heterocycles. The maximum absolute atomic E-state index is 11.8. The molecule has 2 atom stereocenters. The molecule has 2 amide bonds. The monoisotopic (exact) mass is 342 g/mol. The lowest BCUT2D eigenvalue weighted by molar-refractivity contribution is 0.133. The van der Waals surface area contributed by atoms with Gasteiger partial charge in [0, 0.05) is 18.2 Å². The Morgan fingerprint density at radius 3 is 2.90 bits per heavy atom. The Hall–Kier alpha value is -1.27. The zero-order valence-corrected chi connectivity index (χ0v) is 12.9. The SMILES string of the molecule is COc1ccc(NC(=O)NC[C@H]2CCC[C@@H]2O)cc1Br. The Bertz CT molecular complexity index is 481. The van der Waals surface area contributed by atoms with Gasteiger partial charge in [0.25, 0.3) is 0 Å². The summed E-state index contributed by atoms with van der Waals surface area (Å²) in [6.45, 7) is 0.504. The summed E-state index contributed by atoms with van der Waals surface area (Å²) < 4.78 is 5.91. The second-order valence-corrected chi connectivity index (χ2v) is 5.80. The van der Waals surface area contributed by atoms with Gasteiger partial charge in [0.2, 0.25) is 0 Å². The van der Waals surface area contributed by atoms with Crippen LogP contribution >= 0.6 is 15.9 Å². The highest BCUT2D eigenvalue weighted by atomic mass is 79.9.